The van der Waals surface area contributed by atoms with Gasteiger partial charge in [-0.25, -0.2) is 0 Å². The largest absolute Gasteiger partial charge is 0.860 e. The van der Waals surface area contributed by atoms with E-state index in [0.29, 0.717) is 19.8 Å². The zero-order valence-corrected chi connectivity index (χ0v) is 7.53. The van der Waals surface area contributed by atoms with E-state index in [0.717, 1.165) is 5.69 Å². The molecule has 1 fully saturated rings. The van der Waals surface area contributed by atoms with Gasteiger partial charge in [-0.15, -0.1) is 0 Å². The van der Waals surface area contributed by atoms with E-state index in [2.05, 4.69) is 0 Å². The number of nitrogens with zero attached hydrogens (tertiary/aromatic N) is 1. The summed E-state index contributed by atoms with van der Waals surface area (Å²) in [4.78, 5) is 0. The Balaban J connectivity index is 2.22. The second-order valence-electron chi connectivity index (χ2n) is 3.08. The molecule has 0 bridgehead atoms. The molecule has 0 radical (unpaired) electrons. The fourth-order valence-electron chi connectivity index (χ4n) is 1.52. The minimum atomic E-state index is -0.240. The van der Waals surface area contributed by atoms with E-state index in [1.54, 1.807) is 16.7 Å². The molecule has 0 saturated carbocycles. The minimum Gasteiger partial charge on any atom is -0.860 e. The van der Waals surface area contributed by atoms with E-state index in [-0.39, 0.29) is 12.1 Å². The molecule has 1 aromatic rings. The second-order valence-corrected chi connectivity index (χ2v) is 3.08. The molecule has 0 amide bonds. The van der Waals surface area contributed by atoms with Crippen LogP contribution in [0, 0.1) is 6.92 Å². The van der Waals surface area contributed by atoms with Crippen molar-refractivity contribution in [3.05, 3.63) is 17.8 Å². The molecule has 0 spiro atoms. The number of ether oxygens (including phenoxy) is 2. The molecule has 1 aliphatic heterocycles. The number of hydrogen-bond donors (Lipinski definition) is 0. The highest BCUT2D eigenvalue weighted by atomic mass is 16.6. The molecule has 4 heteroatoms. The van der Waals surface area contributed by atoms with Crippen molar-refractivity contribution in [1.29, 1.82) is 0 Å². The van der Waals surface area contributed by atoms with Crippen LogP contribution in [0.3, 0.4) is 0 Å². The van der Waals surface area contributed by atoms with E-state index in [1.165, 1.54) is 0 Å². The average molecular weight is 182 g/mol. The Labute approximate surface area is 76.7 Å². The monoisotopic (exact) mass is 182 g/mol. The van der Waals surface area contributed by atoms with Crippen molar-refractivity contribution >= 4 is 0 Å². The van der Waals surface area contributed by atoms with Crippen LogP contribution in [0.5, 0.6) is 5.88 Å². The number of aryl methyl sites for hydroxylation is 1. The normalized spacial score (nSPS) is 23.3. The maximum Gasteiger partial charge on any atom is 0.156 e. The molecule has 4 nitrogen and oxygen atoms in total. The minimum absolute atomic E-state index is 0.0204. The third-order valence-electron chi connectivity index (χ3n) is 2.17. The third-order valence-corrected chi connectivity index (χ3v) is 2.17. The van der Waals surface area contributed by atoms with Gasteiger partial charge in [0.15, 0.2) is 6.23 Å². The van der Waals surface area contributed by atoms with Crippen LogP contribution < -0.4 is 5.11 Å². The van der Waals surface area contributed by atoms with E-state index in [9.17, 15) is 5.11 Å². The van der Waals surface area contributed by atoms with Gasteiger partial charge in [0.2, 0.25) is 0 Å². The molecule has 1 unspecified atom stereocenters. The van der Waals surface area contributed by atoms with Crippen molar-refractivity contribution in [3.8, 4) is 5.88 Å². The van der Waals surface area contributed by atoms with Crippen molar-refractivity contribution < 1.29 is 14.6 Å². The van der Waals surface area contributed by atoms with Gasteiger partial charge in [0, 0.05) is 5.69 Å². The Kier molecular flexibility index (Phi) is 2.24. The predicted octanol–water partition coefficient (Wildman–Crippen LogP) is 0.416. The average Bonchev–Trinajstić information content (AvgIpc) is 2.48. The van der Waals surface area contributed by atoms with Crippen LogP contribution >= 0.6 is 0 Å². The summed E-state index contributed by atoms with van der Waals surface area (Å²) in [5.74, 6) is -0.0204. The molecule has 13 heavy (non-hydrogen) atoms. The molecule has 1 atom stereocenters. The molecule has 2 rings (SSSR count). The van der Waals surface area contributed by atoms with Gasteiger partial charge in [-0.3, -0.25) is 0 Å². The summed E-state index contributed by atoms with van der Waals surface area (Å²) >= 11 is 0. The highest BCUT2D eigenvalue weighted by Gasteiger charge is 2.16. The molecule has 72 valence electrons. The first-order valence-electron chi connectivity index (χ1n) is 4.33. The van der Waals surface area contributed by atoms with E-state index in [4.69, 9.17) is 9.47 Å². The van der Waals surface area contributed by atoms with Gasteiger partial charge < -0.3 is 19.1 Å². The molecule has 1 aromatic heterocycles. The molecule has 1 saturated heterocycles. The van der Waals surface area contributed by atoms with Crippen LogP contribution in [0.15, 0.2) is 12.1 Å². The van der Waals surface area contributed by atoms with Gasteiger partial charge in [-0.05, 0) is 18.9 Å². The summed E-state index contributed by atoms with van der Waals surface area (Å²) in [6.45, 7) is 3.52. The van der Waals surface area contributed by atoms with Crippen LogP contribution in [0.2, 0.25) is 0 Å². The first kappa shape index (κ1) is 8.59. The van der Waals surface area contributed by atoms with E-state index in [1.807, 2.05) is 6.92 Å². The molecule has 0 N–H and O–H groups in total. The van der Waals surface area contributed by atoms with Crippen LogP contribution in [-0.2, 0) is 9.47 Å². The topological polar surface area (TPSA) is 46.5 Å². The summed E-state index contributed by atoms with van der Waals surface area (Å²) in [5.41, 5.74) is 0.917. The van der Waals surface area contributed by atoms with Crippen molar-refractivity contribution in [2.75, 3.05) is 19.8 Å². The molecule has 1 aliphatic rings. The fraction of sp³-hybridized carbons (Fsp3) is 0.556. The summed E-state index contributed by atoms with van der Waals surface area (Å²) in [6, 6.07) is 3.34. The van der Waals surface area contributed by atoms with Crippen molar-refractivity contribution in [2.24, 2.45) is 0 Å². The second kappa shape index (κ2) is 3.40. The van der Waals surface area contributed by atoms with Crippen molar-refractivity contribution in [2.45, 2.75) is 13.2 Å². The lowest BCUT2D eigenvalue weighted by atomic mass is 10.4. The van der Waals surface area contributed by atoms with Crippen LogP contribution in [0.4, 0.5) is 0 Å². The summed E-state index contributed by atoms with van der Waals surface area (Å²) in [5, 5.41) is 11.4. The van der Waals surface area contributed by atoms with Crippen molar-refractivity contribution in [3.63, 3.8) is 0 Å². The van der Waals surface area contributed by atoms with E-state index < -0.39 is 0 Å². The Morgan fingerprint density at radius 3 is 2.85 bits per heavy atom. The van der Waals surface area contributed by atoms with Gasteiger partial charge in [-0.2, -0.15) is 0 Å². The Hall–Kier alpha value is -1.00. The van der Waals surface area contributed by atoms with Gasteiger partial charge in [0.05, 0.1) is 19.8 Å². The lowest BCUT2D eigenvalue weighted by Crippen LogP contribution is -2.28. The zero-order valence-electron chi connectivity index (χ0n) is 7.53. The van der Waals surface area contributed by atoms with E-state index >= 15 is 0 Å². The quantitative estimate of drug-likeness (QED) is 0.632. The van der Waals surface area contributed by atoms with Crippen LogP contribution in [0.1, 0.15) is 11.9 Å². The molecule has 0 aromatic carbocycles. The van der Waals surface area contributed by atoms with Gasteiger partial charge in [0.1, 0.15) is 0 Å². The first-order chi connectivity index (χ1) is 6.29. The van der Waals surface area contributed by atoms with Gasteiger partial charge >= 0.3 is 0 Å². The molecule has 2 heterocycles. The SMILES string of the molecule is Cc1ccc([O-])n1C1COCCO1. The lowest BCUT2D eigenvalue weighted by molar-refractivity contribution is -0.285. The van der Waals surface area contributed by atoms with Gasteiger partial charge in [-0.1, -0.05) is 6.07 Å². The Morgan fingerprint density at radius 2 is 2.31 bits per heavy atom. The molecular weight excluding hydrogens is 170 g/mol. The summed E-state index contributed by atoms with van der Waals surface area (Å²) < 4.78 is 12.3. The Morgan fingerprint density at radius 1 is 1.46 bits per heavy atom. The van der Waals surface area contributed by atoms with Gasteiger partial charge in [0.25, 0.3) is 0 Å². The predicted molar refractivity (Wildman–Crippen MR) is 44.4 cm³/mol. The maximum atomic E-state index is 11.4. The highest BCUT2D eigenvalue weighted by molar-refractivity contribution is 5.18. The van der Waals surface area contributed by atoms with Crippen LogP contribution in [0.25, 0.3) is 0 Å². The zero-order chi connectivity index (χ0) is 9.26. The highest BCUT2D eigenvalue weighted by Crippen LogP contribution is 2.22. The Bertz CT molecular complexity index is 270. The summed E-state index contributed by atoms with van der Waals surface area (Å²) in [7, 11) is 0. The third kappa shape index (κ3) is 1.55. The first-order valence-corrected chi connectivity index (χ1v) is 4.33. The maximum absolute atomic E-state index is 11.4. The standard InChI is InChI=1S/C9H13NO3/c1-7-2-3-8(11)10(7)9-6-12-4-5-13-9/h2-3,9,11H,4-6H2,1H3/p-1. The molecular formula is C9H12NO3-. The summed E-state index contributed by atoms with van der Waals surface area (Å²) in [6.07, 6.45) is -0.240. The smallest absolute Gasteiger partial charge is 0.156 e. The van der Waals surface area contributed by atoms with Crippen LogP contribution in [-0.4, -0.2) is 24.4 Å². The molecule has 0 aliphatic carbocycles. The number of rotatable bonds is 1. The fourth-order valence-corrected chi connectivity index (χ4v) is 1.52. The van der Waals surface area contributed by atoms with Crippen molar-refractivity contribution in [1.82, 2.24) is 4.57 Å². The number of hydrogen-bond acceptors (Lipinski definition) is 3. The lowest BCUT2D eigenvalue weighted by Gasteiger charge is -2.28. The number of aromatic nitrogens is 1.